The zero-order valence-corrected chi connectivity index (χ0v) is 10.6. The molecule has 17 heavy (non-hydrogen) atoms. The van der Waals surface area contributed by atoms with Crippen LogP contribution in [0, 0.1) is 17.8 Å². The van der Waals surface area contributed by atoms with Crippen molar-refractivity contribution in [2.45, 2.75) is 51.0 Å². The summed E-state index contributed by atoms with van der Waals surface area (Å²) < 4.78 is 0. The fourth-order valence-electron chi connectivity index (χ4n) is 4.22. The molecule has 3 fully saturated rings. The maximum atomic E-state index is 12.2. The molecular weight excluding hydrogens is 212 g/mol. The molecule has 3 rings (SSSR count). The van der Waals surface area contributed by atoms with E-state index in [9.17, 15) is 4.79 Å². The lowest BCUT2D eigenvalue weighted by Crippen LogP contribution is -2.46. The largest absolute Gasteiger partial charge is 0.341 e. The molecule has 2 aliphatic carbocycles. The van der Waals surface area contributed by atoms with Crippen LogP contribution in [0.25, 0.3) is 0 Å². The number of rotatable bonds is 2. The third-order valence-corrected chi connectivity index (χ3v) is 5.13. The summed E-state index contributed by atoms with van der Waals surface area (Å²) in [7, 11) is 0. The van der Waals surface area contributed by atoms with E-state index in [1.165, 1.54) is 25.7 Å². The molecule has 1 aliphatic heterocycles. The monoisotopic (exact) mass is 236 g/mol. The number of piperidine rings is 1. The van der Waals surface area contributed by atoms with E-state index in [1.807, 2.05) is 4.90 Å². The molecule has 4 atom stereocenters. The molecule has 0 spiro atoms. The van der Waals surface area contributed by atoms with E-state index >= 15 is 0 Å². The zero-order valence-electron chi connectivity index (χ0n) is 10.6. The number of carbonyl (C=O) groups excluding carboxylic acids is 1. The van der Waals surface area contributed by atoms with Crippen LogP contribution >= 0.6 is 0 Å². The molecule has 0 aromatic carbocycles. The highest BCUT2D eigenvalue weighted by Crippen LogP contribution is 2.49. The standard InChI is InChI=1S/C14H24N2O/c15-13-2-1-5-16(9-13)14(17)8-12-7-10-3-4-11(12)6-10/h10-13H,1-9,15H2/t10?,11?,12?,13-/m1/s1. The Morgan fingerprint density at radius 1 is 1.24 bits per heavy atom. The van der Waals surface area contributed by atoms with Gasteiger partial charge in [0, 0.05) is 25.6 Å². The molecule has 1 amide bonds. The minimum absolute atomic E-state index is 0.215. The average Bonchev–Trinajstić information content (AvgIpc) is 2.91. The molecule has 2 N–H and O–H groups in total. The van der Waals surface area contributed by atoms with E-state index in [-0.39, 0.29) is 6.04 Å². The molecule has 0 aromatic heterocycles. The first-order valence-electron chi connectivity index (χ1n) is 7.25. The zero-order chi connectivity index (χ0) is 11.8. The number of nitrogens with zero attached hydrogens (tertiary/aromatic N) is 1. The summed E-state index contributed by atoms with van der Waals surface area (Å²) in [6.07, 6.45) is 8.48. The second-order valence-corrected chi connectivity index (χ2v) is 6.38. The topological polar surface area (TPSA) is 46.3 Å². The molecule has 3 nitrogen and oxygen atoms in total. The lowest BCUT2D eigenvalue weighted by Gasteiger charge is -2.32. The third-order valence-electron chi connectivity index (χ3n) is 5.13. The smallest absolute Gasteiger partial charge is 0.222 e. The van der Waals surface area contributed by atoms with Gasteiger partial charge in [-0.3, -0.25) is 4.79 Å². The van der Waals surface area contributed by atoms with Gasteiger partial charge in [-0.2, -0.15) is 0 Å². The molecule has 2 saturated carbocycles. The van der Waals surface area contributed by atoms with Crippen LogP contribution in [0.1, 0.15) is 44.9 Å². The molecule has 96 valence electrons. The van der Waals surface area contributed by atoms with Gasteiger partial charge in [0.05, 0.1) is 0 Å². The number of carbonyl (C=O) groups is 1. The van der Waals surface area contributed by atoms with Gasteiger partial charge in [0.15, 0.2) is 0 Å². The number of amides is 1. The summed E-state index contributed by atoms with van der Waals surface area (Å²) in [5.74, 6) is 2.88. The van der Waals surface area contributed by atoms with E-state index in [1.54, 1.807) is 0 Å². The van der Waals surface area contributed by atoms with Crippen molar-refractivity contribution in [2.75, 3.05) is 13.1 Å². The summed E-state index contributed by atoms with van der Waals surface area (Å²) in [5.41, 5.74) is 5.94. The Hall–Kier alpha value is -0.570. The molecule has 1 saturated heterocycles. The summed E-state index contributed by atoms with van der Waals surface area (Å²) >= 11 is 0. The van der Waals surface area contributed by atoms with Crippen molar-refractivity contribution in [3.63, 3.8) is 0 Å². The van der Waals surface area contributed by atoms with Crippen LogP contribution in [-0.4, -0.2) is 29.9 Å². The number of nitrogens with two attached hydrogens (primary N) is 1. The number of likely N-dealkylation sites (tertiary alicyclic amines) is 1. The van der Waals surface area contributed by atoms with E-state index in [4.69, 9.17) is 5.73 Å². The molecule has 3 aliphatic rings. The van der Waals surface area contributed by atoms with Crippen LogP contribution in [0.2, 0.25) is 0 Å². The van der Waals surface area contributed by atoms with Crippen molar-refractivity contribution < 1.29 is 4.79 Å². The Morgan fingerprint density at radius 3 is 2.76 bits per heavy atom. The number of fused-ring (bicyclic) bond motifs is 2. The Bertz CT molecular complexity index is 305. The maximum Gasteiger partial charge on any atom is 0.222 e. The fourth-order valence-corrected chi connectivity index (χ4v) is 4.22. The quantitative estimate of drug-likeness (QED) is 0.794. The normalized spacial score (nSPS) is 40.9. The van der Waals surface area contributed by atoms with Gasteiger partial charge in [-0.1, -0.05) is 6.42 Å². The molecule has 2 bridgehead atoms. The highest BCUT2D eigenvalue weighted by Gasteiger charge is 2.40. The Morgan fingerprint density at radius 2 is 2.12 bits per heavy atom. The van der Waals surface area contributed by atoms with Crippen LogP contribution in [-0.2, 0) is 4.79 Å². The van der Waals surface area contributed by atoms with Gasteiger partial charge >= 0.3 is 0 Å². The summed E-state index contributed by atoms with van der Waals surface area (Å²) in [5, 5.41) is 0. The molecule has 0 aromatic rings. The maximum absolute atomic E-state index is 12.2. The second kappa shape index (κ2) is 4.60. The lowest BCUT2D eigenvalue weighted by molar-refractivity contribution is -0.133. The van der Waals surface area contributed by atoms with Crippen molar-refractivity contribution in [2.24, 2.45) is 23.5 Å². The first kappa shape index (κ1) is 11.5. The summed E-state index contributed by atoms with van der Waals surface area (Å²) in [4.78, 5) is 14.3. The minimum Gasteiger partial charge on any atom is -0.341 e. The highest BCUT2D eigenvalue weighted by molar-refractivity contribution is 5.76. The van der Waals surface area contributed by atoms with Crippen molar-refractivity contribution >= 4 is 5.91 Å². The van der Waals surface area contributed by atoms with E-state index in [0.29, 0.717) is 11.8 Å². The molecule has 3 unspecified atom stereocenters. The van der Waals surface area contributed by atoms with Crippen molar-refractivity contribution in [1.82, 2.24) is 4.90 Å². The minimum atomic E-state index is 0.215. The fraction of sp³-hybridized carbons (Fsp3) is 0.929. The number of hydrogen-bond acceptors (Lipinski definition) is 2. The van der Waals surface area contributed by atoms with Crippen LogP contribution < -0.4 is 5.73 Å². The van der Waals surface area contributed by atoms with Crippen molar-refractivity contribution in [1.29, 1.82) is 0 Å². The molecule has 0 radical (unpaired) electrons. The molecular formula is C14H24N2O. The van der Waals surface area contributed by atoms with Crippen LogP contribution in [0.5, 0.6) is 0 Å². The highest BCUT2D eigenvalue weighted by atomic mass is 16.2. The van der Waals surface area contributed by atoms with Gasteiger partial charge in [-0.25, -0.2) is 0 Å². The number of hydrogen-bond donors (Lipinski definition) is 1. The van der Waals surface area contributed by atoms with E-state index in [0.717, 1.165) is 44.2 Å². The van der Waals surface area contributed by atoms with E-state index < -0.39 is 0 Å². The van der Waals surface area contributed by atoms with Gasteiger partial charge in [0.25, 0.3) is 0 Å². The SMILES string of the molecule is N[C@@H]1CCCN(C(=O)CC2CC3CCC2C3)C1. The Balaban J connectivity index is 1.53. The second-order valence-electron chi connectivity index (χ2n) is 6.38. The predicted molar refractivity (Wildman–Crippen MR) is 67.3 cm³/mol. The average molecular weight is 236 g/mol. The summed E-state index contributed by atoms with van der Waals surface area (Å²) in [6, 6.07) is 0.215. The van der Waals surface area contributed by atoms with Gasteiger partial charge in [-0.15, -0.1) is 0 Å². The Kier molecular flexibility index (Phi) is 3.12. The van der Waals surface area contributed by atoms with Crippen LogP contribution in [0.15, 0.2) is 0 Å². The van der Waals surface area contributed by atoms with Crippen molar-refractivity contribution in [3.05, 3.63) is 0 Å². The molecule has 3 heteroatoms. The summed E-state index contributed by atoms with van der Waals surface area (Å²) in [6.45, 7) is 1.73. The van der Waals surface area contributed by atoms with Crippen molar-refractivity contribution in [3.8, 4) is 0 Å². The predicted octanol–water partition coefficient (Wildman–Crippen LogP) is 1.76. The van der Waals surface area contributed by atoms with E-state index in [2.05, 4.69) is 0 Å². The van der Waals surface area contributed by atoms with Gasteiger partial charge in [0.2, 0.25) is 5.91 Å². The van der Waals surface area contributed by atoms with Crippen LogP contribution in [0.4, 0.5) is 0 Å². The third kappa shape index (κ3) is 2.35. The Labute approximate surface area is 104 Å². The molecule has 1 heterocycles. The van der Waals surface area contributed by atoms with Crippen LogP contribution in [0.3, 0.4) is 0 Å². The van der Waals surface area contributed by atoms with Gasteiger partial charge < -0.3 is 10.6 Å². The lowest BCUT2D eigenvalue weighted by atomic mass is 9.86. The first-order valence-corrected chi connectivity index (χ1v) is 7.25. The van der Waals surface area contributed by atoms with Gasteiger partial charge in [-0.05, 0) is 49.9 Å². The van der Waals surface area contributed by atoms with Gasteiger partial charge in [0.1, 0.15) is 0 Å². The first-order chi connectivity index (χ1) is 8.22.